The molecule has 1 aromatic heterocycles. The molecule has 1 atom stereocenters. The number of aliphatic imine (C=N–C) groups is 1. The molecule has 0 bridgehead atoms. The summed E-state index contributed by atoms with van der Waals surface area (Å²) in [4.78, 5) is 6.43. The molecule has 0 amide bonds. The summed E-state index contributed by atoms with van der Waals surface area (Å²) in [5.41, 5.74) is 3.09. The number of nitrogens with zero attached hydrogens (tertiary/aromatic N) is 3. The molecule has 150 valence electrons. The number of nitrogens with one attached hydrogen (secondary N) is 2. The van der Waals surface area contributed by atoms with Crippen molar-refractivity contribution in [3.05, 3.63) is 77.4 Å². The highest BCUT2D eigenvalue weighted by molar-refractivity contribution is 5.80. The molecule has 0 aliphatic carbocycles. The Labute approximate surface area is 169 Å². The molecule has 4 rings (SSSR count). The van der Waals surface area contributed by atoms with Crippen molar-refractivity contribution in [3.63, 3.8) is 0 Å². The fourth-order valence-electron chi connectivity index (χ4n) is 3.24. The summed E-state index contributed by atoms with van der Waals surface area (Å²) in [6, 6.07) is 16.8. The van der Waals surface area contributed by atoms with Gasteiger partial charge in [0.1, 0.15) is 5.82 Å². The number of hydrogen-bond acceptors (Lipinski definition) is 6. The number of rotatable bonds is 5. The second-order valence-electron chi connectivity index (χ2n) is 7.24. The maximum atomic E-state index is 14.7. The maximum absolute atomic E-state index is 14.7. The third-order valence-electron chi connectivity index (χ3n) is 5.02. The van der Waals surface area contributed by atoms with Crippen LogP contribution in [0.15, 0.2) is 64.1 Å². The Hall–Kier alpha value is -3.19. The van der Waals surface area contributed by atoms with E-state index in [1.165, 1.54) is 0 Å². The zero-order chi connectivity index (χ0) is 20.2. The zero-order valence-corrected chi connectivity index (χ0v) is 16.5. The standard InChI is InChI=1S/C22H24FN5O/c1-15(17-8-9-19(20(23)10-17)16-6-4-3-5-7-16)21-11-18(29-27-21)12-24-22-25-13-28(2)14-26-22/h3-11,15H,12-14H2,1-2H3,(H2,24,25,26). The third-order valence-corrected chi connectivity index (χ3v) is 5.02. The van der Waals surface area contributed by atoms with Gasteiger partial charge >= 0.3 is 0 Å². The topological polar surface area (TPSA) is 65.7 Å². The Morgan fingerprint density at radius 2 is 2.03 bits per heavy atom. The van der Waals surface area contributed by atoms with Crippen LogP contribution in [-0.4, -0.2) is 36.4 Å². The summed E-state index contributed by atoms with van der Waals surface area (Å²) in [6.45, 7) is 3.87. The molecule has 0 radical (unpaired) electrons. The first-order chi connectivity index (χ1) is 14.1. The van der Waals surface area contributed by atoms with Crippen molar-refractivity contribution in [2.24, 2.45) is 4.99 Å². The summed E-state index contributed by atoms with van der Waals surface area (Å²) >= 11 is 0. The molecule has 6 nitrogen and oxygen atoms in total. The van der Waals surface area contributed by atoms with Gasteiger partial charge in [-0.3, -0.25) is 4.90 Å². The molecule has 0 spiro atoms. The van der Waals surface area contributed by atoms with Crippen LogP contribution in [0.3, 0.4) is 0 Å². The highest BCUT2D eigenvalue weighted by Gasteiger charge is 2.17. The Kier molecular flexibility index (Phi) is 5.57. The number of halogens is 1. The van der Waals surface area contributed by atoms with Gasteiger partial charge in [0.2, 0.25) is 0 Å². The SMILES string of the molecule is CC(c1ccc(-c2ccccc2)c(F)c1)c1cc(CNC2=NCN(C)CN2)on1. The molecule has 2 aromatic carbocycles. The normalized spacial score (nSPS) is 15.5. The Morgan fingerprint density at radius 3 is 2.76 bits per heavy atom. The minimum absolute atomic E-state index is 0.0781. The molecule has 1 unspecified atom stereocenters. The van der Waals surface area contributed by atoms with E-state index in [1.807, 2.05) is 62.5 Å². The van der Waals surface area contributed by atoms with Gasteiger partial charge in [-0.1, -0.05) is 54.5 Å². The first kappa shape index (κ1) is 19.1. The molecule has 0 fully saturated rings. The fraction of sp³-hybridized carbons (Fsp3) is 0.273. The highest BCUT2D eigenvalue weighted by Crippen LogP contribution is 2.29. The maximum Gasteiger partial charge on any atom is 0.193 e. The van der Waals surface area contributed by atoms with Gasteiger partial charge in [-0.15, -0.1) is 0 Å². The largest absolute Gasteiger partial charge is 0.359 e. The van der Waals surface area contributed by atoms with Crippen molar-refractivity contribution in [2.45, 2.75) is 19.4 Å². The van der Waals surface area contributed by atoms with Crippen LogP contribution in [0.5, 0.6) is 0 Å². The van der Waals surface area contributed by atoms with E-state index in [-0.39, 0.29) is 11.7 Å². The Bertz CT molecular complexity index is 1000. The van der Waals surface area contributed by atoms with Crippen LogP contribution in [0.4, 0.5) is 4.39 Å². The summed E-state index contributed by atoms with van der Waals surface area (Å²) in [7, 11) is 1.99. The van der Waals surface area contributed by atoms with E-state index in [0.29, 0.717) is 24.5 Å². The van der Waals surface area contributed by atoms with Gasteiger partial charge in [0.15, 0.2) is 11.7 Å². The lowest BCUT2D eigenvalue weighted by molar-refractivity contribution is 0.318. The molecule has 7 heteroatoms. The highest BCUT2D eigenvalue weighted by atomic mass is 19.1. The van der Waals surface area contributed by atoms with Gasteiger partial charge in [0.05, 0.1) is 25.6 Å². The molecular weight excluding hydrogens is 369 g/mol. The number of benzene rings is 2. The second kappa shape index (κ2) is 8.45. The van der Waals surface area contributed by atoms with E-state index in [2.05, 4.69) is 25.7 Å². The Balaban J connectivity index is 1.43. The van der Waals surface area contributed by atoms with Gasteiger partial charge in [0, 0.05) is 17.5 Å². The van der Waals surface area contributed by atoms with Crippen molar-refractivity contribution in [2.75, 3.05) is 20.4 Å². The smallest absolute Gasteiger partial charge is 0.193 e. The van der Waals surface area contributed by atoms with Crippen LogP contribution >= 0.6 is 0 Å². The van der Waals surface area contributed by atoms with E-state index < -0.39 is 0 Å². The minimum Gasteiger partial charge on any atom is -0.359 e. The molecule has 1 aliphatic heterocycles. The third kappa shape index (κ3) is 4.46. The average Bonchev–Trinajstić information content (AvgIpc) is 3.22. The van der Waals surface area contributed by atoms with Gasteiger partial charge in [0.25, 0.3) is 0 Å². The number of hydrogen-bond donors (Lipinski definition) is 2. The predicted molar refractivity (Wildman–Crippen MR) is 111 cm³/mol. The van der Waals surface area contributed by atoms with Crippen LogP contribution in [0.2, 0.25) is 0 Å². The van der Waals surface area contributed by atoms with E-state index in [1.54, 1.807) is 6.07 Å². The fourth-order valence-corrected chi connectivity index (χ4v) is 3.24. The lowest BCUT2D eigenvalue weighted by Gasteiger charge is -2.23. The Morgan fingerprint density at radius 1 is 1.21 bits per heavy atom. The first-order valence-corrected chi connectivity index (χ1v) is 9.61. The molecule has 29 heavy (non-hydrogen) atoms. The summed E-state index contributed by atoms with van der Waals surface area (Å²) in [5, 5.41) is 10.6. The lowest BCUT2D eigenvalue weighted by atomic mass is 9.94. The monoisotopic (exact) mass is 393 g/mol. The van der Waals surface area contributed by atoms with E-state index in [4.69, 9.17) is 4.52 Å². The molecule has 0 saturated heterocycles. The van der Waals surface area contributed by atoms with Crippen LogP contribution in [0, 0.1) is 5.82 Å². The van der Waals surface area contributed by atoms with Crippen molar-refractivity contribution >= 4 is 5.96 Å². The van der Waals surface area contributed by atoms with E-state index in [9.17, 15) is 4.39 Å². The molecule has 0 saturated carbocycles. The molecule has 2 heterocycles. The predicted octanol–water partition coefficient (Wildman–Crippen LogP) is 3.53. The molecule has 2 N–H and O–H groups in total. The van der Waals surface area contributed by atoms with E-state index >= 15 is 0 Å². The summed E-state index contributed by atoms with van der Waals surface area (Å²) < 4.78 is 20.1. The van der Waals surface area contributed by atoms with Crippen molar-refractivity contribution in [1.29, 1.82) is 0 Å². The quantitative estimate of drug-likeness (QED) is 0.694. The van der Waals surface area contributed by atoms with Gasteiger partial charge in [-0.05, 0) is 24.2 Å². The summed E-state index contributed by atoms with van der Waals surface area (Å²) in [6.07, 6.45) is 0. The van der Waals surface area contributed by atoms with Gasteiger partial charge < -0.3 is 15.2 Å². The summed E-state index contributed by atoms with van der Waals surface area (Å²) in [5.74, 6) is 1.13. The molecule has 3 aromatic rings. The van der Waals surface area contributed by atoms with E-state index in [0.717, 1.165) is 29.4 Å². The number of aromatic nitrogens is 1. The molecular formula is C22H24FN5O. The molecule has 1 aliphatic rings. The van der Waals surface area contributed by atoms with Crippen molar-refractivity contribution < 1.29 is 8.91 Å². The van der Waals surface area contributed by atoms with Crippen LogP contribution < -0.4 is 10.6 Å². The average molecular weight is 393 g/mol. The van der Waals surface area contributed by atoms with Crippen molar-refractivity contribution in [1.82, 2.24) is 20.7 Å². The van der Waals surface area contributed by atoms with Gasteiger partial charge in [-0.25, -0.2) is 9.38 Å². The van der Waals surface area contributed by atoms with Crippen LogP contribution in [-0.2, 0) is 6.54 Å². The lowest BCUT2D eigenvalue weighted by Crippen LogP contribution is -2.46. The zero-order valence-electron chi connectivity index (χ0n) is 16.5. The first-order valence-electron chi connectivity index (χ1n) is 9.61. The van der Waals surface area contributed by atoms with Crippen molar-refractivity contribution in [3.8, 4) is 11.1 Å². The van der Waals surface area contributed by atoms with Crippen LogP contribution in [0.25, 0.3) is 11.1 Å². The number of guanidine groups is 1. The van der Waals surface area contributed by atoms with Crippen LogP contribution in [0.1, 0.15) is 29.9 Å². The second-order valence-corrected chi connectivity index (χ2v) is 7.24. The van der Waals surface area contributed by atoms with Gasteiger partial charge in [-0.2, -0.15) is 0 Å². The minimum atomic E-state index is -0.239.